The second kappa shape index (κ2) is 14.6. The molecule has 0 radical (unpaired) electrons. The third-order valence-corrected chi connectivity index (χ3v) is 4.56. The molecule has 1 heterocycles. The number of halogens is 3. The lowest BCUT2D eigenvalue weighted by molar-refractivity contribution is -0.133. The number of hydrogen-bond acceptors (Lipinski definition) is 4. The van der Waals surface area contributed by atoms with Crippen LogP contribution in [0.2, 0.25) is 0 Å². The van der Waals surface area contributed by atoms with Gasteiger partial charge in [-0.05, 0) is 43.7 Å². The quantitative estimate of drug-likeness (QED) is 0.583. The lowest BCUT2D eigenvalue weighted by atomic mass is 10.1. The normalized spacial score (nSPS) is 14.0. The van der Waals surface area contributed by atoms with Crippen molar-refractivity contribution in [3.63, 3.8) is 0 Å². The summed E-state index contributed by atoms with van der Waals surface area (Å²) in [6.07, 6.45) is 4.66. The number of amides is 2. The fraction of sp³-hybridized carbons (Fsp3) is 0.579. The van der Waals surface area contributed by atoms with Crippen molar-refractivity contribution in [1.82, 2.24) is 9.80 Å². The molecular weight excluding hydrogens is 406 g/mol. The van der Waals surface area contributed by atoms with Gasteiger partial charge in [0.05, 0.1) is 6.54 Å². The Morgan fingerprint density at radius 1 is 0.964 bits per heavy atom. The molecule has 160 valence electrons. The number of unbranched alkanes of at least 4 members (excludes halogenated alkanes) is 3. The van der Waals surface area contributed by atoms with Gasteiger partial charge in [0.1, 0.15) is 5.82 Å². The average Bonchev–Trinajstić information content (AvgIpc) is 2.64. The summed E-state index contributed by atoms with van der Waals surface area (Å²) in [4.78, 5) is 28.2. The molecule has 0 aromatic heterocycles. The van der Waals surface area contributed by atoms with Crippen molar-refractivity contribution in [2.75, 3.05) is 44.6 Å². The van der Waals surface area contributed by atoms with Crippen LogP contribution in [0.4, 0.5) is 10.1 Å². The van der Waals surface area contributed by atoms with Crippen molar-refractivity contribution < 1.29 is 14.0 Å². The van der Waals surface area contributed by atoms with Crippen LogP contribution < -0.4 is 11.1 Å². The molecule has 1 fully saturated rings. The van der Waals surface area contributed by atoms with E-state index in [9.17, 15) is 14.0 Å². The Labute approximate surface area is 178 Å². The van der Waals surface area contributed by atoms with Crippen LogP contribution in [0.1, 0.15) is 32.1 Å². The second-order valence-corrected chi connectivity index (χ2v) is 6.66. The monoisotopic (exact) mass is 436 g/mol. The summed E-state index contributed by atoms with van der Waals surface area (Å²) < 4.78 is 12.9. The van der Waals surface area contributed by atoms with Crippen molar-refractivity contribution in [3.05, 3.63) is 30.1 Å². The number of nitrogens with two attached hydrogens (primary N) is 1. The van der Waals surface area contributed by atoms with Crippen molar-refractivity contribution in [2.24, 2.45) is 5.73 Å². The van der Waals surface area contributed by atoms with E-state index in [0.717, 1.165) is 25.7 Å². The zero-order valence-corrected chi connectivity index (χ0v) is 17.7. The minimum Gasteiger partial charge on any atom is -0.340 e. The van der Waals surface area contributed by atoms with Gasteiger partial charge in [0, 0.05) is 38.3 Å². The number of hydrogen-bond donors (Lipinski definition) is 2. The molecule has 28 heavy (non-hydrogen) atoms. The van der Waals surface area contributed by atoms with E-state index >= 15 is 0 Å². The lowest BCUT2D eigenvalue weighted by Crippen LogP contribution is -2.50. The summed E-state index contributed by atoms with van der Waals surface area (Å²) in [5.41, 5.74) is 6.04. The third kappa shape index (κ3) is 9.68. The molecule has 0 saturated carbocycles. The first-order chi connectivity index (χ1) is 12.6. The molecule has 2 rings (SSSR count). The Balaban J connectivity index is 0.00000364. The Hall–Kier alpha value is -1.41. The number of carbonyl (C=O) groups excluding carboxylic acids is 2. The van der Waals surface area contributed by atoms with E-state index in [1.807, 2.05) is 9.80 Å². The van der Waals surface area contributed by atoms with Crippen LogP contribution in [-0.2, 0) is 9.59 Å². The summed E-state index contributed by atoms with van der Waals surface area (Å²) in [6.45, 7) is 3.69. The first-order valence-electron chi connectivity index (χ1n) is 9.34. The van der Waals surface area contributed by atoms with Crippen LogP contribution in [0, 0.1) is 5.82 Å². The molecule has 0 bridgehead atoms. The van der Waals surface area contributed by atoms with Crippen molar-refractivity contribution >= 4 is 42.3 Å². The van der Waals surface area contributed by atoms with Gasteiger partial charge in [-0.3, -0.25) is 14.5 Å². The summed E-state index contributed by atoms with van der Waals surface area (Å²) >= 11 is 0. The molecule has 1 aromatic rings. The summed E-state index contributed by atoms with van der Waals surface area (Å²) in [5.74, 6) is -0.257. The molecule has 0 aliphatic carbocycles. The van der Waals surface area contributed by atoms with E-state index in [4.69, 9.17) is 5.73 Å². The van der Waals surface area contributed by atoms with E-state index in [2.05, 4.69) is 5.32 Å². The first kappa shape index (κ1) is 26.6. The molecule has 0 spiro atoms. The number of anilines is 1. The SMILES string of the molecule is Cl.Cl.NCCCCCCC(=O)N1CCN(CC(=O)Nc2ccc(F)cc2)CC1. The fourth-order valence-corrected chi connectivity index (χ4v) is 3.02. The van der Waals surface area contributed by atoms with E-state index in [1.165, 1.54) is 24.3 Å². The number of benzene rings is 1. The van der Waals surface area contributed by atoms with Crippen LogP contribution in [0.25, 0.3) is 0 Å². The summed E-state index contributed by atoms with van der Waals surface area (Å²) in [7, 11) is 0. The minimum absolute atomic E-state index is 0. The number of piperazine rings is 1. The smallest absolute Gasteiger partial charge is 0.238 e. The number of rotatable bonds is 9. The van der Waals surface area contributed by atoms with Gasteiger partial charge in [0.2, 0.25) is 11.8 Å². The zero-order chi connectivity index (χ0) is 18.8. The van der Waals surface area contributed by atoms with Crippen LogP contribution in [0.5, 0.6) is 0 Å². The van der Waals surface area contributed by atoms with Crippen LogP contribution in [-0.4, -0.2) is 60.9 Å². The van der Waals surface area contributed by atoms with E-state index in [1.54, 1.807) is 0 Å². The maximum Gasteiger partial charge on any atom is 0.238 e. The van der Waals surface area contributed by atoms with Crippen molar-refractivity contribution in [2.45, 2.75) is 32.1 Å². The molecule has 2 amide bonds. The average molecular weight is 437 g/mol. The highest BCUT2D eigenvalue weighted by Crippen LogP contribution is 2.10. The Morgan fingerprint density at radius 2 is 1.57 bits per heavy atom. The van der Waals surface area contributed by atoms with E-state index in [-0.39, 0.29) is 49.0 Å². The minimum atomic E-state index is -0.330. The lowest BCUT2D eigenvalue weighted by Gasteiger charge is -2.34. The predicted molar refractivity (Wildman–Crippen MR) is 115 cm³/mol. The van der Waals surface area contributed by atoms with Gasteiger partial charge in [0.25, 0.3) is 0 Å². The molecule has 9 heteroatoms. The Kier molecular flexibility index (Phi) is 13.8. The third-order valence-electron chi connectivity index (χ3n) is 4.56. The van der Waals surface area contributed by atoms with Crippen LogP contribution in [0.3, 0.4) is 0 Å². The summed E-state index contributed by atoms with van der Waals surface area (Å²) in [6, 6.07) is 5.71. The molecule has 1 aliphatic rings. The molecular formula is C19H31Cl2FN4O2. The highest BCUT2D eigenvalue weighted by Gasteiger charge is 2.22. The van der Waals surface area contributed by atoms with E-state index in [0.29, 0.717) is 44.8 Å². The maximum absolute atomic E-state index is 12.9. The molecule has 3 N–H and O–H groups in total. The van der Waals surface area contributed by atoms with Crippen molar-refractivity contribution in [1.29, 1.82) is 0 Å². The van der Waals surface area contributed by atoms with Gasteiger partial charge in [-0.1, -0.05) is 12.8 Å². The van der Waals surface area contributed by atoms with Gasteiger partial charge in [-0.25, -0.2) is 4.39 Å². The maximum atomic E-state index is 12.9. The highest BCUT2D eigenvalue weighted by atomic mass is 35.5. The molecule has 0 unspecified atom stereocenters. The van der Waals surface area contributed by atoms with Gasteiger partial charge in [-0.2, -0.15) is 0 Å². The van der Waals surface area contributed by atoms with Gasteiger partial charge in [-0.15, -0.1) is 24.8 Å². The predicted octanol–water partition coefficient (Wildman–Crippen LogP) is 2.66. The number of carbonyl (C=O) groups is 2. The fourth-order valence-electron chi connectivity index (χ4n) is 3.02. The molecule has 1 aliphatic heterocycles. The molecule has 0 atom stereocenters. The Morgan fingerprint density at radius 3 is 2.18 bits per heavy atom. The zero-order valence-electron chi connectivity index (χ0n) is 16.1. The Bertz CT molecular complexity index is 582. The standard InChI is InChI=1S/C19H29FN4O2.2ClH/c20-16-6-8-17(9-7-16)22-18(25)15-23-11-13-24(14-12-23)19(26)5-3-1-2-4-10-21;;/h6-9H,1-5,10-15,21H2,(H,22,25);2*1H. The number of nitrogens with zero attached hydrogens (tertiary/aromatic N) is 2. The topological polar surface area (TPSA) is 78.7 Å². The first-order valence-corrected chi connectivity index (χ1v) is 9.34. The van der Waals surface area contributed by atoms with Crippen molar-refractivity contribution in [3.8, 4) is 0 Å². The highest BCUT2D eigenvalue weighted by molar-refractivity contribution is 5.92. The van der Waals surface area contributed by atoms with Gasteiger partial charge < -0.3 is 16.0 Å². The summed E-state index contributed by atoms with van der Waals surface area (Å²) in [5, 5.41) is 2.76. The van der Waals surface area contributed by atoms with Gasteiger partial charge >= 0.3 is 0 Å². The second-order valence-electron chi connectivity index (χ2n) is 6.66. The molecule has 1 saturated heterocycles. The van der Waals surface area contributed by atoms with E-state index < -0.39 is 0 Å². The molecule has 6 nitrogen and oxygen atoms in total. The largest absolute Gasteiger partial charge is 0.340 e. The molecule has 1 aromatic carbocycles. The van der Waals surface area contributed by atoms with Crippen LogP contribution >= 0.6 is 24.8 Å². The van der Waals surface area contributed by atoms with Gasteiger partial charge in [0.15, 0.2) is 0 Å². The van der Waals surface area contributed by atoms with Crippen LogP contribution in [0.15, 0.2) is 24.3 Å². The number of nitrogens with one attached hydrogen (secondary N) is 1.